The summed E-state index contributed by atoms with van der Waals surface area (Å²) in [7, 11) is 3.09. The summed E-state index contributed by atoms with van der Waals surface area (Å²) in [6, 6.07) is 5.18. The summed E-state index contributed by atoms with van der Waals surface area (Å²) in [5.74, 6) is 1.00. The van der Waals surface area contributed by atoms with Crippen molar-refractivity contribution < 1.29 is 14.3 Å². The second kappa shape index (κ2) is 8.22. The number of methoxy groups -OCH3 is 2. The number of hydrogen-bond donors (Lipinski definition) is 2. The number of piperidine rings is 1. The van der Waals surface area contributed by atoms with Gasteiger partial charge in [-0.3, -0.25) is 19.5 Å². The molecule has 8 heteroatoms. The van der Waals surface area contributed by atoms with E-state index in [1.807, 2.05) is 0 Å². The van der Waals surface area contributed by atoms with Gasteiger partial charge in [0.15, 0.2) is 17.3 Å². The number of rotatable bonds is 6. The number of aromatic nitrogens is 2. The number of aromatic amines is 2. The normalized spacial score (nSPS) is 17.5. The van der Waals surface area contributed by atoms with Crippen LogP contribution in [0.1, 0.15) is 28.8 Å². The van der Waals surface area contributed by atoms with Crippen LogP contribution in [-0.2, 0) is 6.54 Å². The lowest BCUT2D eigenvalue weighted by Crippen LogP contribution is -2.40. The Morgan fingerprint density at radius 3 is 2.70 bits per heavy atom. The summed E-state index contributed by atoms with van der Waals surface area (Å²) in [5.41, 5.74) is 0.145. The minimum atomic E-state index is -0.524. The maximum Gasteiger partial charge on any atom is 0.325 e. The molecular weight excluding hydrogens is 350 g/mol. The molecule has 0 unspecified atom stereocenters. The maximum atomic E-state index is 12.9. The van der Waals surface area contributed by atoms with Crippen molar-refractivity contribution in [2.75, 3.05) is 27.3 Å². The first kappa shape index (κ1) is 18.9. The van der Waals surface area contributed by atoms with E-state index in [1.54, 1.807) is 25.3 Å². The summed E-state index contributed by atoms with van der Waals surface area (Å²) in [6.07, 6.45) is 3.09. The largest absolute Gasteiger partial charge is 0.493 e. The Labute approximate surface area is 156 Å². The zero-order valence-electron chi connectivity index (χ0n) is 15.4. The van der Waals surface area contributed by atoms with Crippen LogP contribution in [0.5, 0.6) is 11.5 Å². The molecule has 1 aliphatic rings. The van der Waals surface area contributed by atoms with Crippen molar-refractivity contribution in [3.8, 4) is 11.5 Å². The van der Waals surface area contributed by atoms with Crippen LogP contribution in [0.3, 0.4) is 0 Å². The Morgan fingerprint density at radius 1 is 1.22 bits per heavy atom. The van der Waals surface area contributed by atoms with Gasteiger partial charge in [-0.2, -0.15) is 0 Å². The topological polar surface area (TPSA) is 104 Å². The molecule has 144 valence electrons. The molecule has 1 saturated heterocycles. The van der Waals surface area contributed by atoms with Crippen molar-refractivity contribution in [3.05, 3.63) is 56.4 Å². The lowest BCUT2D eigenvalue weighted by molar-refractivity contribution is 0.0810. The summed E-state index contributed by atoms with van der Waals surface area (Å²) in [4.78, 5) is 42.7. The zero-order chi connectivity index (χ0) is 19.4. The van der Waals surface area contributed by atoms with E-state index < -0.39 is 11.2 Å². The molecule has 0 aliphatic carbocycles. The zero-order valence-corrected chi connectivity index (χ0v) is 15.4. The van der Waals surface area contributed by atoms with E-state index >= 15 is 0 Å². The van der Waals surface area contributed by atoms with Gasteiger partial charge in [0.05, 0.1) is 14.2 Å². The fraction of sp³-hybridized carbons (Fsp3) is 0.421. The number of hydrogen-bond acceptors (Lipinski definition) is 6. The van der Waals surface area contributed by atoms with E-state index in [9.17, 15) is 14.4 Å². The number of nitrogens with zero attached hydrogens (tertiary/aromatic N) is 1. The molecule has 27 heavy (non-hydrogen) atoms. The van der Waals surface area contributed by atoms with E-state index in [4.69, 9.17) is 9.47 Å². The molecule has 1 aromatic carbocycles. The molecule has 0 amide bonds. The monoisotopic (exact) mass is 373 g/mol. The number of Topliss-reactive ketones (excluding diaryl/α,β-unsaturated/α-hetero) is 1. The van der Waals surface area contributed by atoms with E-state index in [-0.39, 0.29) is 11.7 Å². The Kier molecular flexibility index (Phi) is 5.75. The molecule has 2 heterocycles. The second-order valence-corrected chi connectivity index (χ2v) is 6.61. The summed E-state index contributed by atoms with van der Waals surface area (Å²) < 4.78 is 10.5. The highest BCUT2D eigenvalue weighted by atomic mass is 16.5. The Hall–Kier alpha value is -2.87. The number of ketones is 1. The standard InChI is InChI=1S/C19H23N3O5/c1-26-15-6-5-12(8-16(15)27-2)17(23)13-4-3-7-22(10-13)11-14-9-20-19(25)21-18(14)24/h5-6,8-9,13H,3-4,7,10-11H2,1-2H3,(H2,20,21,24,25)/t13-/m1/s1. The van der Waals surface area contributed by atoms with Gasteiger partial charge >= 0.3 is 5.69 Å². The van der Waals surface area contributed by atoms with Crippen molar-refractivity contribution in [1.29, 1.82) is 0 Å². The molecule has 1 aliphatic heterocycles. The molecule has 1 fully saturated rings. The molecule has 2 N–H and O–H groups in total. The van der Waals surface area contributed by atoms with Crippen LogP contribution in [0.4, 0.5) is 0 Å². The predicted molar refractivity (Wildman–Crippen MR) is 99.6 cm³/mol. The minimum Gasteiger partial charge on any atom is -0.493 e. The molecule has 0 bridgehead atoms. The lowest BCUT2D eigenvalue weighted by atomic mass is 9.89. The van der Waals surface area contributed by atoms with E-state index in [0.717, 1.165) is 19.4 Å². The Balaban J connectivity index is 1.73. The molecule has 3 rings (SSSR count). The van der Waals surface area contributed by atoms with Crippen LogP contribution in [0, 0.1) is 5.92 Å². The van der Waals surface area contributed by atoms with Crippen LogP contribution in [0.2, 0.25) is 0 Å². The van der Waals surface area contributed by atoms with Crippen molar-refractivity contribution in [2.24, 2.45) is 5.92 Å². The number of carbonyl (C=O) groups excluding carboxylic acids is 1. The Morgan fingerprint density at radius 2 is 2.00 bits per heavy atom. The average Bonchev–Trinajstić information content (AvgIpc) is 2.69. The van der Waals surface area contributed by atoms with Gasteiger partial charge in [-0.05, 0) is 37.6 Å². The molecule has 0 spiro atoms. The fourth-order valence-electron chi connectivity index (χ4n) is 3.43. The van der Waals surface area contributed by atoms with Crippen molar-refractivity contribution in [2.45, 2.75) is 19.4 Å². The summed E-state index contributed by atoms with van der Waals surface area (Å²) in [5, 5.41) is 0. The van der Waals surface area contributed by atoms with E-state index in [2.05, 4.69) is 14.9 Å². The average molecular weight is 373 g/mol. The highest BCUT2D eigenvalue weighted by molar-refractivity contribution is 5.98. The highest BCUT2D eigenvalue weighted by Crippen LogP contribution is 2.30. The first-order chi connectivity index (χ1) is 13.0. The first-order valence-corrected chi connectivity index (χ1v) is 8.81. The SMILES string of the molecule is COc1ccc(C(=O)[C@@H]2CCCN(Cc3c[nH]c(=O)[nH]c3=O)C2)cc1OC. The van der Waals surface area contributed by atoms with Gasteiger partial charge in [0, 0.05) is 36.3 Å². The van der Waals surface area contributed by atoms with Crippen molar-refractivity contribution in [3.63, 3.8) is 0 Å². The number of ether oxygens (including phenoxy) is 2. The molecule has 1 aromatic heterocycles. The minimum absolute atomic E-state index is 0.0519. The third kappa shape index (κ3) is 4.28. The van der Waals surface area contributed by atoms with Gasteiger partial charge in [-0.15, -0.1) is 0 Å². The quantitative estimate of drug-likeness (QED) is 0.737. The maximum absolute atomic E-state index is 12.9. The summed E-state index contributed by atoms with van der Waals surface area (Å²) in [6.45, 7) is 1.75. The first-order valence-electron chi connectivity index (χ1n) is 8.81. The van der Waals surface area contributed by atoms with Crippen LogP contribution in [-0.4, -0.2) is 48.0 Å². The molecule has 0 saturated carbocycles. The van der Waals surface area contributed by atoms with Crippen molar-refractivity contribution >= 4 is 5.78 Å². The number of benzene rings is 1. The molecule has 1 atom stereocenters. The van der Waals surface area contributed by atoms with Crippen LogP contribution in [0.25, 0.3) is 0 Å². The van der Waals surface area contributed by atoms with Gasteiger partial charge in [-0.25, -0.2) is 4.79 Å². The van der Waals surface area contributed by atoms with E-state index in [1.165, 1.54) is 13.3 Å². The molecule has 2 aromatic rings. The van der Waals surface area contributed by atoms with Gasteiger partial charge in [-0.1, -0.05) is 0 Å². The smallest absolute Gasteiger partial charge is 0.325 e. The lowest BCUT2D eigenvalue weighted by Gasteiger charge is -2.31. The van der Waals surface area contributed by atoms with Crippen molar-refractivity contribution in [1.82, 2.24) is 14.9 Å². The fourth-order valence-corrected chi connectivity index (χ4v) is 3.43. The Bertz CT molecular complexity index is 933. The van der Waals surface area contributed by atoms with Crippen LogP contribution >= 0.6 is 0 Å². The predicted octanol–water partition coefficient (Wildman–Crippen LogP) is 1.18. The van der Waals surface area contributed by atoms with Gasteiger partial charge in [0.2, 0.25) is 0 Å². The number of H-pyrrole nitrogens is 2. The highest BCUT2D eigenvalue weighted by Gasteiger charge is 2.27. The second-order valence-electron chi connectivity index (χ2n) is 6.61. The van der Waals surface area contributed by atoms with Gasteiger partial charge in [0.25, 0.3) is 5.56 Å². The molecule has 0 radical (unpaired) electrons. The molecular formula is C19H23N3O5. The summed E-state index contributed by atoms with van der Waals surface area (Å²) >= 11 is 0. The number of likely N-dealkylation sites (tertiary alicyclic amines) is 1. The molecule has 8 nitrogen and oxygen atoms in total. The van der Waals surface area contributed by atoms with Gasteiger partial charge < -0.3 is 14.5 Å². The van der Waals surface area contributed by atoms with Gasteiger partial charge in [0.1, 0.15) is 0 Å². The van der Waals surface area contributed by atoms with E-state index in [0.29, 0.717) is 35.7 Å². The number of nitrogens with one attached hydrogen (secondary N) is 2. The number of carbonyl (C=O) groups is 1. The third-order valence-corrected chi connectivity index (χ3v) is 4.83. The van der Waals surface area contributed by atoms with Crippen LogP contribution in [0.15, 0.2) is 34.0 Å². The third-order valence-electron chi connectivity index (χ3n) is 4.83. The van der Waals surface area contributed by atoms with Crippen LogP contribution < -0.4 is 20.7 Å².